The van der Waals surface area contributed by atoms with Gasteiger partial charge < -0.3 is 4.43 Å². The number of hydrogen-bond acceptors (Lipinski definition) is 3. The van der Waals surface area contributed by atoms with E-state index in [2.05, 4.69) is 11.9 Å². The third-order valence-electron chi connectivity index (χ3n) is 1.60. The molecule has 0 saturated heterocycles. The van der Waals surface area contributed by atoms with E-state index in [0.29, 0.717) is 12.6 Å². The van der Waals surface area contributed by atoms with Gasteiger partial charge in [-0.25, -0.2) is 9.79 Å². The highest BCUT2D eigenvalue weighted by atomic mass is 28.2. The van der Waals surface area contributed by atoms with Crippen LogP contribution in [0.5, 0.6) is 0 Å². The maximum absolute atomic E-state index is 9.65. The second kappa shape index (κ2) is 7.66. The van der Waals surface area contributed by atoms with Crippen LogP contribution in [0.15, 0.2) is 4.99 Å². The van der Waals surface area contributed by atoms with E-state index in [0.717, 1.165) is 29.7 Å². The van der Waals surface area contributed by atoms with E-state index in [1.807, 2.05) is 0 Å². The first-order valence-electron chi connectivity index (χ1n) is 3.87. The van der Waals surface area contributed by atoms with Gasteiger partial charge in [0.2, 0.25) is 6.08 Å². The molecule has 11 heavy (non-hydrogen) atoms. The molecule has 1 unspecified atom stereocenters. The Morgan fingerprint density at radius 2 is 2.36 bits per heavy atom. The van der Waals surface area contributed by atoms with Crippen molar-refractivity contribution in [1.29, 1.82) is 0 Å². The van der Waals surface area contributed by atoms with E-state index in [1.165, 1.54) is 6.08 Å². The first-order valence-corrected chi connectivity index (χ1v) is 4.69. The van der Waals surface area contributed by atoms with Gasteiger partial charge in [0.05, 0.1) is 6.54 Å². The van der Waals surface area contributed by atoms with Crippen molar-refractivity contribution in [3.8, 4) is 0 Å². The summed E-state index contributed by atoms with van der Waals surface area (Å²) in [6.07, 6.45) is 5.01. The summed E-state index contributed by atoms with van der Waals surface area (Å²) in [6.45, 7) is 2.67. The summed E-state index contributed by atoms with van der Waals surface area (Å²) in [6, 6.07) is 0. The summed E-state index contributed by atoms with van der Waals surface area (Å²) in [5.74, 6) is 0. The highest BCUT2D eigenvalue weighted by Crippen LogP contribution is 2.02. The van der Waals surface area contributed by atoms with Gasteiger partial charge in [-0.2, -0.15) is 0 Å². The summed E-state index contributed by atoms with van der Waals surface area (Å²) in [5, 5.41) is 0. The Hall–Kier alpha value is -0.443. The molecule has 0 heterocycles. The second-order valence-electron chi connectivity index (χ2n) is 2.52. The molecule has 0 bridgehead atoms. The average Bonchev–Trinajstić information content (AvgIpc) is 2.04. The topological polar surface area (TPSA) is 38.7 Å². The molecule has 0 aromatic heterocycles. The molecule has 0 aromatic carbocycles. The van der Waals surface area contributed by atoms with Crippen molar-refractivity contribution in [3.63, 3.8) is 0 Å². The van der Waals surface area contributed by atoms with Crippen LogP contribution in [-0.4, -0.2) is 29.2 Å². The predicted octanol–water partition coefficient (Wildman–Crippen LogP) is 0.178. The molecule has 1 atom stereocenters. The van der Waals surface area contributed by atoms with Crippen molar-refractivity contribution < 1.29 is 9.22 Å². The van der Waals surface area contributed by atoms with E-state index in [4.69, 9.17) is 4.43 Å². The van der Waals surface area contributed by atoms with Crippen molar-refractivity contribution in [2.45, 2.75) is 32.3 Å². The zero-order chi connectivity index (χ0) is 8.53. The van der Waals surface area contributed by atoms with Gasteiger partial charge in [0.15, 0.2) is 0 Å². The second-order valence-corrected chi connectivity index (χ2v) is 2.99. The number of aliphatic imine (C=N–C) groups is 1. The molecule has 3 nitrogen and oxygen atoms in total. The zero-order valence-corrected chi connectivity index (χ0v) is 9.17. The molecule has 0 aromatic rings. The van der Waals surface area contributed by atoms with Crippen molar-refractivity contribution in [2.75, 3.05) is 6.54 Å². The number of hydrogen-bond donors (Lipinski definition) is 0. The number of carbonyl (C=O) groups excluding carboxylic acids is 1. The minimum atomic E-state index is 0.377. The molecule has 0 amide bonds. The normalized spacial score (nSPS) is 12.5. The molecule has 0 saturated carbocycles. The highest BCUT2D eigenvalue weighted by molar-refractivity contribution is 5.98. The summed E-state index contributed by atoms with van der Waals surface area (Å²) >= 11 is 0. The van der Waals surface area contributed by atoms with Crippen molar-refractivity contribution in [1.82, 2.24) is 0 Å². The first-order chi connectivity index (χ1) is 5.31. The van der Waals surface area contributed by atoms with Crippen LogP contribution >= 0.6 is 0 Å². The fraction of sp³-hybridized carbons (Fsp3) is 0.857. The predicted molar refractivity (Wildman–Crippen MR) is 47.3 cm³/mol. The molecular weight excluding hydrogens is 158 g/mol. The van der Waals surface area contributed by atoms with Crippen molar-refractivity contribution in [3.05, 3.63) is 0 Å². The summed E-state index contributed by atoms with van der Waals surface area (Å²) < 4.78 is 5.19. The van der Waals surface area contributed by atoms with Gasteiger partial charge in [0, 0.05) is 6.10 Å². The van der Waals surface area contributed by atoms with E-state index in [1.54, 1.807) is 0 Å². The largest absolute Gasteiger partial charge is 0.425 e. The van der Waals surface area contributed by atoms with Crippen LogP contribution in [0.3, 0.4) is 0 Å². The van der Waals surface area contributed by atoms with Gasteiger partial charge in [0.25, 0.3) is 0 Å². The Balaban J connectivity index is 3.07. The van der Waals surface area contributed by atoms with Crippen molar-refractivity contribution >= 4 is 16.6 Å². The lowest BCUT2D eigenvalue weighted by Crippen LogP contribution is -2.05. The van der Waals surface area contributed by atoms with Gasteiger partial charge in [-0.05, 0) is 26.2 Å². The van der Waals surface area contributed by atoms with Crippen molar-refractivity contribution in [2.24, 2.45) is 4.99 Å². The molecule has 0 aliphatic rings. The van der Waals surface area contributed by atoms with E-state index in [-0.39, 0.29) is 0 Å². The van der Waals surface area contributed by atoms with Gasteiger partial charge >= 0.3 is 0 Å². The SMILES string of the molecule is CC(CCCCN=C=O)O[SiH3]. The monoisotopic (exact) mass is 173 g/mol. The molecule has 0 aliphatic heterocycles. The van der Waals surface area contributed by atoms with E-state index in [9.17, 15) is 4.79 Å². The molecule has 0 rings (SSSR count). The minimum absolute atomic E-state index is 0.377. The minimum Gasteiger partial charge on any atom is -0.425 e. The van der Waals surface area contributed by atoms with Crippen LogP contribution in [0.2, 0.25) is 0 Å². The zero-order valence-electron chi connectivity index (χ0n) is 7.17. The maximum Gasteiger partial charge on any atom is 0.234 e. The Bertz CT molecular complexity index is 134. The van der Waals surface area contributed by atoms with E-state index < -0.39 is 0 Å². The summed E-state index contributed by atoms with van der Waals surface area (Å²) in [5.41, 5.74) is 0. The van der Waals surface area contributed by atoms with Gasteiger partial charge in [-0.1, -0.05) is 0 Å². The number of rotatable bonds is 6. The smallest absolute Gasteiger partial charge is 0.234 e. The van der Waals surface area contributed by atoms with Crippen LogP contribution in [0.1, 0.15) is 26.2 Å². The van der Waals surface area contributed by atoms with Crippen LogP contribution < -0.4 is 0 Å². The first kappa shape index (κ1) is 10.6. The Morgan fingerprint density at radius 1 is 1.64 bits per heavy atom. The standard InChI is InChI=1S/C7H15NO2Si/c1-7(10-11)4-2-3-5-8-6-9/h7H,2-5H2,1,11H3. The lowest BCUT2D eigenvalue weighted by atomic mass is 10.2. The van der Waals surface area contributed by atoms with Gasteiger partial charge in [-0.15, -0.1) is 0 Å². The lowest BCUT2D eigenvalue weighted by molar-refractivity contribution is 0.227. The third-order valence-corrected chi connectivity index (χ3v) is 2.40. The Kier molecular flexibility index (Phi) is 7.35. The molecule has 4 heteroatoms. The van der Waals surface area contributed by atoms with Crippen LogP contribution in [0.4, 0.5) is 0 Å². The maximum atomic E-state index is 9.65. The molecule has 64 valence electrons. The van der Waals surface area contributed by atoms with Gasteiger partial charge in [-0.3, -0.25) is 0 Å². The lowest BCUT2D eigenvalue weighted by Gasteiger charge is -2.07. The quantitative estimate of drug-likeness (QED) is 0.249. The number of isocyanates is 1. The Labute approximate surface area is 70.4 Å². The fourth-order valence-electron chi connectivity index (χ4n) is 0.786. The molecular formula is C7H15NO2Si. The number of nitrogens with zero attached hydrogens (tertiary/aromatic N) is 1. The molecule has 0 fully saturated rings. The summed E-state index contributed by atoms with van der Waals surface area (Å²) in [4.78, 5) is 13.1. The average molecular weight is 173 g/mol. The fourth-order valence-corrected chi connectivity index (χ4v) is 1.02. The van der Waals surface area contributed by atoms with Gasteiger partial charge in [0.1, 0.15) is 10.5 Å². The van der Waals surface area contributed by atoms with Crippen LogP contribution in [0, 0.1) is 0 Å². The summed E-state index contributed by atoms with van der Waals surface area (Å²) in [7, 11) is 0.807. The Morgan fingerprint density at radius 3 is 2.91 bits per heavy atom. The molecule has 0 spiro atoms. The van der Waals surface area contributed by atoms with Crippen LogP contribution in [0.25, 0.3) is 0 Å². The highest BCUT2D eigenvalue weighted by Gasteiger charge is 1.96. The van der Waals surface area contributed by atoms with E-state index >= 15 is 0 Å². The molecule has 0 aliphatic carbocycles. The van der Waals surface area contributed by atoms with Crippen LogP contribution in [-0.2, 0) is 9.22 Å². The third kappa shape index (κ3) is 7.45. The number of unbranched alkanes of at least 4 members (excludes halogenated alkanes) is 1. The molecule has 0 radical (unpaired) electrons. The molecule has 0 N–H and O–H groups in total.